The van der Waals surface area contributed by atoms with E-state index in [4.69, 9.17) is 11.6 Å². The van der Waals surface area contributed by atoms with Gasteiger partial charge in [-0.3, -0.25) is 4.79 Å². The van der Waals surface area contributed by atoms with Gasteiger partial charge in [0.15, 0.2) is 0 Å². The summed E-state index contributed by atoms with van der Waals surface area (Å²) in [6.45, 7) is 3.26. The second-order valence-corrected chi connectivity index (χ2v) is 2.36. The van der Waals surface area contributed by atoms with E-state index in [9.17, 15) is 9.59 Å². The molecule has 1 atom stereocenters. The standard InChI is InChI=1S/C6H9ClO3/c1-3-10-6(9)5(8)4(2)7/h4H,3H2,1-2H3/t4-/m1/s1. The number of hydrogen-bond acceptors (Lipinski definition) is 3. The Morgan fingerprint density at radius 3 is 2.40 bits per heavy atom. The Hall–Kier alpha value is -0.570. The van der Waals surface area contributed by atoms with Crippen LogP contribution in [0.25, 0.3) is 0 Å². The lowest BCUT2D eigenvalue weighted by molar-refractivity contribution is -0.153. The van der Waals surface area contributed by atoms with Gasteiger partial charge in [0.25, 0.3) is 5.78 Å². The molecule has 0 amide bonds. The molecule has 0 aliphatic rings. The van der Waals surface area contributed by atoms with E-state index < -0.39 is 17.1 Å². The van der Waals surface area contributed by atoms with Crippen molar-refractivity contribution < 1.29 is 14.3 Å². The molecule has 0 aromatic rings. The number of esters is 1. The van der Waals surface area contributed by atoms with Gasteiger partial charge in [-0.25, -0.2) is 4.79 Å². The molecule has 0 unspecified atom stereocenters. The monoisotopic (exact) mass is 164 g/mol. The Labute approximate surface area is 64.3 Å². The summed E-state index contributed by atoms with van der Waals surface area (Å²) in [5, 5.41) is -0.793. The summed E-state index contributed by atoms with van der Waals surface area (Å²) < 4.78 is 4.39. The van der Waals surface area contributed by atoms with E-state index in [-0.39, 0.29) is 6.61 Å². The molecule has 0 spiro atoms. The Balaban J connectivity index is 3.83. The average Bonchev–Trinajstić information content (AvgIpc) is 1.87. The fourth-order valence-electron chi connectivity index (χ4n) is 0.365. The molecule has 3 nitrogen and oxygen atoms in total. The third-order valence-electron chi connectivity index (χ3n) is 0.838. The molecule has 0 rings (SSSR count). The van der Waals surface area contributed by atoms with Gasteiger partial charge in [-0.2, -0.15) is 0 Å². The molecular weight excluding hydrogens is 156 g/mol. The van der Waals surface area contributed by atoms with Gasteiger partial charge in [0.2, 0.25) is 0 Å². The summed E-state index contributed by atoms with van der Waals surface area (Å²) in [6, 6.07) is 0. The van der Waals surface area contributed by atoms with Crippen LogP contribution >= 0.6 is 11.6 Å². The minimum atomic E-state index is -0.856. The van der Waals surface area contributed by atoms with Gasteiger partial charge in [-0.05, 0) is 13.8 Å². The number of ketones is 1. The fraction of sp³-hybridized carbons (Fsp3) is 0.667. The van der Waals surface area contributed by atoms with Crippen LogP contribution in [0, 0.1) is 0 Å². The molecule has 0 aliphatic carbocycles. The number of Topliss-reactive ketones (excluding diaryl/α,β-unsaturated/α-hetero) is 1. The molecule has 58 valence electrons. The zero-order valence-corrected chi connectivity index (χ0v) is 6.64. The maximum Gasteiger partial charge on any atom is 0.376 e. The van der Waals surface area contributed by atoms with Crippen LogP contribution in [0.5, 0.6) is 0 Å². The van der Waals surface area contributed by atoms with E-state index in [1.807, 2.05) is 0 Å². The summed E-state index contributed by atoms with van der Waals surface area (Å²) in [4.78, 5) is 21.2. The first-order valence-corrected chi connectivity index (χ1v) is 3.38. The van der Waals surface area contributed by atoms with Crippen molar-refractivity contribution in [1.29, 1.82) is 0 Å². The zero-order chi connectivity index (χ0) is 8.15. The number of carbonyl (C=O) groups is 2. The van der Waals surface area contributed by atoms with Crippen molar-refractivity contribution in [3.05, 3.63) is 0 Å². The van der Waals surface area contributed by atoms with Crippen molar-refractivity contribution in [2.75, 3.05) is 6.61 Å². The van der Waals surface area contributed by atoms with Crippen molar-refractivity contribution in [3.8, 4) is 0 Å². The third kappa shape index (κ3) is 2.82. The third-order valence-corrected chi connectivity index (χ3v) is 1.04. The first-order valence-electron chi connectivity index (χ1n) is 2.94. The number of halogens is 1. The van der Waals surface area contributed by atoms with Crippen LogP contribution in [-0.2, 0) is 14.3 Å². The number of hydrogen-bond donors (Lipinski definition) is 0. The van der Waals surface area contributed by atoms with E-state index in [1.54, 1.807) is 6.92 Å². The molecule has 0 radical (unpaired) electrons. The molecule has 0 aromatic heterocycles. The van der Waals surface area contributed by atoms with Gasteiger partial charge in [0.05, 0.1) is 6.61 Å². The van der Waals surface area contributed by atoms with Gasteiger partial charge in [0, 0.05) is 0 Å². The van der Waals surface area contributed by atoms with Crippen molar-refractivity contribution in [1.82, 2.24) is 0 Å². The zero-order valence-electron chi connectivity index (χ0n) is 5.89. The minimum Gasteiger partial charge on any atom is -0.460 e. The quantitative estimate of drug-likeness (QED) is 0.351. The molecule has 10 heavy (non-hydrogen) atoms. The van der Waals surface area contributed by atoms with Gasteiger partial charge in [0.1, 0.15) is 5.38 Å². The molecule has 0 saturated carbocycles. The Morgan fingerprint density at radius 2 is 2.10 bits per heavy atom. The number of ether oxygens (including phenoxy) is 1. The van der Waals surface area contributed by atoms with Gasteiger partial charge >= 0.3 is 5.97 Å². The number of rotatable bonds is 3. The summed E-state index contributed by atoms with van der Waals surface area (Å²) in [6.07, 6.45) is 0. The summed E-state index contributed by atoms with van der Waals surface area (Å²) in [5.74, 6) is -1.55. The maximum absolute atomic E-state index is 10.6. The first-order chi connectivity index (χ1) is 4.59. The molecule has 0 fully saturated rings. The van der Waals surface area contributed by atoms with E-state index in [0.29, 0.717) is 0 Å². The first kappa shape index (κ1) is 9.43. The Kier molecular flexibility index (Phi) is 4.03. The highest BCUT2D eigenvalue weighted by atomic mass is 35.5. The second kappa shape index (κ2) is 4.28. The average molecular weight is 165 g/mol. The van der Waals surface area contributed by atoms with E-state index >= 15 is 0 Å². The van der Waals surface area contributed by atoms with Gasteiger partial charge in [-0.1, -0.05) is 0 Å². The highest BCUT2D eigenvalue weighted by Crippen LogP contribution is 1.96. The maximum atomic E-state index is 10.6. The molecule has 4 heteroatoms. The topological polar surface area (TPSA) is 43.4 Å². The number of alkyl halides is 1. The molecule has 0 N–H and O–H groups in total. The van der Waals surface area contributed by atoms with Crippen molar-refractivity contribution in [2.24, 2.45) is 0 Å². The highest BCUT2D eigenvalue weighted by Gasteiger charge is 2.19. The SMILES string of the molecule is CCOC(=O)C(=O)[C@@H](C)Cl. The summed E-state index contributed by atoms with van der Waals surface area (Å²) >= 11 is 5.31. The predicted molar refractivity (Wildman–Crippen MR) is 37.0 cm³/mol. The fourth-order valence-corrected chi connectivity index (χ4v) is 0.454. The Bertz CT molecular complexity index is 142. The molecule has 0 bridgehead atoms. The summed E-state index contributed by atoms with van der Waals surface area (Å²) in [7, 11) is 0. The van der Waals surface area contributed by atoms with Gasteiger partial charge in [-0.15, -0.1) is 11.6 Å². The second-order valence-electron chi connectivity index (χ2n) is 1.70. The lowest BCUT2D eigenvalue weighted by Gasteiger charge is -2.00. The lowest BCUT2D eigenvalue weighted by Crippen LogP contribution is -2.24. The van der Waals surface area contributed by atoms with Crippen molar-refractivity contribution in [3.63, 3.8) is 0 Å². The normalized spacial score (nSPS) is 12.3. The predicted octanol–water partition coefficient (Wildman–Crippen LogP) is 0.746. The van der Waals surface area contributed by atoms with Crippen LogP contribution in [-0.4, -0.2) is 23.7 Å². The summed E-state index contributed by atoms with van der Waals surface area (Å²) in [5.41, 5.74) is 0. The molecule has 0 saturated heterocycles. The van der Waals surface area contributed by atoms with Crippen LogP contribution in [0.1, 0.15) is 13.8 Å². The van der Waals surface area contributed by atoms with Crippen LogP contribution in [0.15, 0.2) is 0 Å². The molecule has 0 aliphatic heterocycles. The molecule has 0 heterocycles. The van der Waals surface area contributed by atoms with Crippen LogP contribution in [0.4, 0.5) is 0 Å². The largest absolute Gasteiger partial charge is 0.460 e. The minimum absolute atomic E-state index is 0.203. The van der Waals surface area contributed by atoms with Gasteiger partial charge < -0.3 is 4.74 Å². The molecule has 0 aromatic carbocycles. The van der Waals surface area contributed by atoms with E-state index in [0.717, 1.165) is 0 Å². The molecular formula is C6H9ClO3. The van der Waals surface area contributed by atoms with Crippen LogP contribution < -0.4 is 0 Å². The van der Waals surface area contributed by atoms with Crippen molar-refractivity contribution >= 4 is 23.4 Å². The Morgan fingerprint density at radius 1 is 1.60 bits per heavy atom. The van der Waals surface area contributed by atoms with E-state index in [1.165, 1.54) is 6.92 Å². The lowest BCUT2D eigenvalue weighted by atomic mass is 10.3. The number of carbonyl (C=O) groups excluding carboxylic acids is 2. The van der Waals surface area contributed by atoms with Crippen molar-refractivity contribution in [2.45, 2.75) is 19.2 Å². The highest BCUT2D eigenvalue weighted by molar-refractivity contribution is 6.47. The van der Waals surface area contributed by atoms with Crippen LogP contribution in [0.2, 0.25) is 0 Å². The smallest absolute Gasteiger partial charge is 0.376 e. The van der Waals surface area contributed by atoms with Crippen LogP contribution in [0.3, 0.4) is 0 Å². The van der Waals surface area contributed by atoms with E-state index in [2.05, 4.69) is 4.74 Å².